The summed E-state index contributed by atoms with van der Waals surface area (Å²) in [6.45, 7) is 10.9. The first-order valence-electron chi connectivity index (χ1n) is 22.2. The van der Waals surface area contributed by atoms with Gasteiger partial charge >= 0.3 is 35.8 Å². The molecule has 1 spiro atoms. The number of hydrogen-bond acceptors (Lipinski definition) is 8. The Hall–Kier alpha value is -3.04. The van der Waals surface area contributed by atoms with Crippen molar-refractivity contribution < 1.29 is 48.5 Å². The number of aliphatic carboxylic acids is 2. The number of esters is 4. The van der Waals surface area contributed by atoms with Gasteiger partial charge in [0.25, 0.3) is 0 Å². The molecule has 0 radical (unpaired) electrons. The van der Waals surface area contributed by atoms with E-state index in [9.17, 15) is 33.9 Å². The van der Waals surface area contributed by atoms with Crippen molar-refractivity contribution in [2.24, 2.45) is 81.3 Å². The molecule has 7 rings (SSSR count). The van der Waals surface area contributed by atoms with Gasteiger partial charge in [0.15, 0.2) is 0 Å². The second-order valence-electron chi connectivity index (χ2n) is 19.7. The number of fused-ring (bicyclic) bond motifs is 2. The number of rotatable bonds is 19. The van der Waals surface area contributed by atoms with Gasteiger partial charge in [-0.2, -0.15) is 0 Å². The molecule has 56 heavy (non-hydrogen) atoms. The normalized spacial score (nSPS) is 38.6. The molecule has 2 saturated heterocycles. The lowest BCUT2D eigenvalue weighted by molar-refractivity contribution is -0.271. The van der Waals surface area contributed by atoms with E-state index < -0.39 is 52.5 Å². The Morgan fingerprint density at radius 1 is 0.857 bits per heavy atom. The SMILES string of the molecule is CCCC/C=C/C(CCC(CCCCCCCC(=O)O)C1C(C(C)C)C2CC3C4(C)CCCC(C)(C(=O)O)C4CCC13C1C(=O)OC(=O)C21)C1CC(=O)OC1=O. The molecule has 312 valence electrons. The quantitative estimate of drug-likeness (QED) is 0.0560. The number of cyclic esters (lactones) is 4. The molecule has 7 aliphatic rings. The zero-order valence-corrected chi connectivity index (χ0v) is 34.6. The second-order valence-corrected chi connectivity index (χ2v) is 19.7. The highest BCUT2D eigenvalue weighted by atomic mass is 16.6. The molecule has 5 aliphatic carbocycles. The topological polar surface area (TPSA) is 161 Å². The Bertz CT molecular complexity index is 1550. The summed E-state index contributed by atoms with van der Waals surface area (Å²) in [4.78, 5) is 77.6. The third kappa shape index (κ3) is 7.53. The predicted molar refractivity (Wildman–Crippen MR) is 208 cm³/mol. The molecule has 0 aromatic rings. The summed E-state index contributed by atoms with van der Waals surface area (Å²) in [7, 11) is 0. The Morgan fingerprint density at radius 2 is 1.59 bits per heavy atom. The highest BCUT2D eigenvalue weighted by Gasteiger charge is 2.78. The molecule has 2 N–H and O–H groups in total. The van der Waals surface area contributed by atoms with Crippen LogP contribution in [0.1, 0.15) is 157 Å². The molecule has 0 amide bonds. The molecule has 7 fully saturated rings. The third-order valence-electron chi connectivity index (χ3n) is 16.6. The number of carbonyl (C=O) groups is 6. The van der Waals surface area contributed by atoms with Crippen LogP contribution in [0.3, 0.4) is 0 Å². The number of unbranched alkanes of at least 4 members (excludes halogenated alkanes) is 6. The summed E-state index contributed by atoms with van der Waals surface area (Å²) in [5.41, 5.74) is -1.69. The third-order valence-corrected chi connectivity index (χ3v) is 16.6. The molecule has 0 aromatic heterocycles. The van der Waals surface area contributed by atoms with Gasteiger partial charge in [-0.15, -0.1) is 0 Å². The van der Waals surface area contributed by atoms with Crippen LogP contribution in [0.15, 0.2) is 12.2 Å². The monoisotopic (exact) mass is 780 g/mol. The van der Waals surface area contributed by atoms with Gasteiger partial charge in [0.05, 0.1) is 29.6 Å². The van der Waals surface area contributed by atoms with Crippen LogP contribution in [-0.2, 0) is 38.2 Å². The summed E-state index contributed by atoms with van der Waals surface area (Å²) in [6.07, 6.45) is 18.8. The lowest BCUT2D eigenvalue weighted by Gasteiger charge is -2.74. The Balaban J connectivity index is 1.41. The largest absolute Gasteiger partial charge is 0.481 e. The molecule has 13 unspecified atom stereocenters. The van der Waals surface area contributed by atoms with E-state index in [4.69, 9.17) is 14.6 Å². The van der Waals surface area contributed by atoms with Crippen molar-refractivity contribution >= 4 is 35.8 Å². The van der Waals surface area contributed by atoms with Crippen molar-refractivity contribution in [1.82, 2.24) is 0 Å². The van der Waals surface area contributed by atoms with Gasteiger partial charge < -0.3 is 19.7 Å². The Morgan fingerprint density at radius 3 is 2.25 bits per heavy atom. The first-order chi connectivity index (χ1) is 26.6. The van der Waals surface area contributed by atoms with Crippen molar-refractivity contribution in [3.05, 3.63) is 12.2 Å². The lowest BCUT2D eigenvalue weighted by Crippen LogP contribution is -2.71. The number of carboxylic acid groups (broad SMARTS) is 2. The fourth-order valence-electron chi connectivity index (χ4n) is 14.4. The minimum absolute atomic E-state index is 0.0336. The number of carbonyl (C=O) groups excluding carboxylic acids is 4. The first-order valence-corrected chi connectivity index (χ1v) is 22.2. The molecule has 5 saturated carbocycles. The molecule has 10 heteroatoms. The van der Waals surface area contributed by atoms with Crippen molar-refractivity contribution in [3.63, 3.8) is 0 Å². The van der Waals surface area contributed by atoms with Crippen LogP contribution in [0.2, 0.25) is 0 Å². The maximum absolute atomic E-state index is 14.2. The second kappa shape index (κ2) is 17.1. The Kier molecular flexibility index (Phi) is 13.0. The van der Waals surface area contributed by atoms with E-state index in [1.165, 1.54) is 0 Å². The summed E-state index contributed by atoms with van der Waals surface area (Å²) in [5.74, 6) is -4.26. The van der Waals surface area contributed by atoms with E-state index >= 15 is 0 Å². The van der Waals surface area contributed by atoms with E-state index in [1.54, 1.807) is 0 Å². The van der Waals surface area contributed by atoms with Crippen LogP contribution in [0, 0.1) is 81.3 Å². The number of ether oxygens (including phenoxy) is 2. The molecule has 13 atom stereocenters. The first kappa shape index (κ1) is 42.6. The lowest BCUT2D eigenvalue weighted by atomic mass is 9.28. The molecule has 2 aliphatic heterocycles. The standard InChI is InChI=1S/C46H68O10/c1-6-7-8-12-16-28(30-26-35(49)55-40(30)50)19-20-29(17-13-10-9-11-14-18-34(47)48)38-36(27(2)3)31-25-33-44(4)22-15-23-45(5,43(53)54)32(44)21-24-46(33,38)39-37(31)41(51)56-42(39)52/h12,16,27-33,36-39H,6-11,13-15,17-26H2,1-5H3,(H,47,48)(H,53,54)/b16-12+. The van der Waals surface area contributed by atoms with E-state index in [0.29, 0.717) is 32.1 Å². The highest BCUT2D eigenvalue weighted by molar-refractivity contribution is 5.98. The fraction of sp³-hybridized carbons (Fsp3) is 0.826. The van der Waals surface area contributed by atoms with Gasteiger partial charge in [-0.05, 0) is 123 Å². The van der Waals surface area contributed by atoms with Crippen LogP contribution in [0.25, 0.3) is 0 Å². The van der Waals surface area contributed by atoms with Crippen LogP contribution < -0.4 is 0 Å². The van der Waals surface area contributed by atoms with Gasteiger partial charge in [0, 0.05) is 6.42 Å². The number of carboxylic acids is 2. The average molecular weight is 781 g/mol. The van der Waals surface area contributed by atoms with Crippen LogP contribution >= 0.6 is 0 Å². The van der Waals surface area contributed by atoms with Crippen molar-refractivity contribution in [1.29, 1.82) is 0 Å². The van der Waals surface area contributed by atoms with E-state index in [0.717, 1.165) is 77.0 Å². The highest BCUT2D eigenvalue weighted by Crippen LogP contribution is 2.79. The molecule has 2 heterocycles. The van der Waals surface area contributed by atoms with Crippen LogP contribution in [0.5, 0.6) is 0 Å². The van der Waals surface area contributed by atoms with Crippen molar-refractivity contribution in [2.75, 3.05) is 0 Å². The summed E-state index contributed by atoms with van der Waals surface area (Å²) in [6, 6.07) is 0. The van der Waals surface area contributed by atoms with E-state index in [1.807, 2.05) is 6.92 Å². The minimum Gasteiger partial charge on any atom is -0.481 e. The number of hydrogen-bond donors (Lipinski definition) is 2. The van der Waals surface area contributed by atoms with Crippen LogP contribution in [0.4, 0.5) is 0 Å². The molecular weight excluding hydrogens is 712 g/mol. The summed E-state index contributed by atoms with van der Waals surface area (Å²) < 4.78 is 10.7. The van der Waals surface area contributed by atoms with E-state index in [2.05, 4.69) is 39.8 Å². The molecule has 0 aromatic carbocycles. The van der Waals surface area contributed by atoms with Gasteiger partial charge in [0.2, 0.25) is 0 Å². The van der Waals surface area contributed by atoms with E-state index in [-0.39, 0.29) is 77.5 Å². The van der Waals surface area contributed by atoms with Gasteiger partial charge in [-0.1, -0.05) is 91.2 Å². The summed E-state index contributed by atoms with van der Waals surface area (Å²) in [5, 5.41) is 19.8. The molecule has 2 bridgehead atoms. The van der Waals surface area contributed by atoms with Gasteiger partial charge in [-0.25, -0.2) is 0 Å². The minimum atomic E-state index is -0.853. The fourth-order valence-corrected chi connectivity index (χ4v) is 14.4. The Labute approximate surface area is 333 Å². The predicted octanol–water partition coefficient (Wildman–Crippen LogP) is 9.18. The summed E-state index contributed by atoms with van der Waals surface area (Å²) >= 11 is 0. The smallest absolute Gasteiger partial charge is 0.318 e. The van der Waals surface area contributed by atoms with Gasteiger partial charge in [0.1, 0.15) is 0 Å². The van der Waals surface area contributed by atoms with Crippen molar-refractivity contribution in [2.45, 2.75) is 157 Å². The van der Waals surface area contributed by atoms with Crippen LogP contribution in [-0.4, -0.2) is 46.0 Å². The van der Waals surface area contributed by atoms with Gasteiger partial charge in [-0.3, -0.25) is 28.8 Å². The molecule has 10 nitrogen and oxygen atoms in total. The average Bonchev–Trinajstić information content (AvgIpc) is 3.65. The van der Waals surface area contributed by atoms with Crippen molar-refractivity contribution in [3.8, 4) is 0 Å². The molecular formula is C46H68O10. The zero-order valence-electron chi connectivity index (χ0n) is 34.6. The zero-order chi connectivity index (χ0) is 40.6. The maximum atomic E-state index is 14.2. The number of allylic oxidation sites excluding steroid dienone is 2. The maximum Gasteiger partial charge on any atom is 0.318 e.